The number of piperazine rings is 2. The lowest BCUT2D eigenvalue weighted by molar-refractivity contribution is -0.138. The van der Waals surface area contributed by atoms with Crippen LogP contribution in [0, 0.1) is 6.92 Å². The number of hydrogen-bond acceptors (Lipinski definition) is 6. The molecule has 1 N–H and O–H groups in total. The van der Waals surface area contributed by atoms with Gasteiger partial charge in [0.2, 0.25) is 15.9 Å². The Morgan fingerprint density at radius 1 is 0.792 bits per heavy atom. The van der Waals surface area contributed by atoms with E-state index < -0.39 is 39.7 Å². The van der Waals surface area contributed by atoms with Gasteiger partial charge in [-0.25, -0.2) is 17.9 Å². The molecule has 6 rings (SSSR count). The molecule has 0 saturated carbocycles. The number of carbonyl (C=O) groups excluding carboxylic acids is 2. The number of halogens is 3. The summed E-state index contributed by atoms with van der Waals surface area (Å²) >= 11 is 0. The third-order valence-electron chi connectivity index (χ3n) is 8.63. The van der Waals surface area contributed by atoms with Crippen molar-refractivity contribution in [2.24, 2.45) is 0 Å². The van der Waals surface area contributed by atoms with E-state index in [-0.39, 0.29) is 30.2 Å². The molecule has 2 aliphatic heterocycles. The highest BCUT2D eigenvalue weighted by atomic mass is 32.2. The fourth-order valence-electron chi connectivity index (χ4n) is 6.02. The van der Waals surface area contributed by atoms with Crippen LogP contribution in [0.25, 0.3) is 5.69 Å². The number of sulfonamides is 1. The average molecular weight is 682 g/mol. The summed E-state index contributed by atoms with van der Waals surface area (Å²) in [5.74, 6) is -0.438. The first kappa shape index (κ1) is 33.0. The summed E-state index contributed by atoms with van der Waals surface area (Å²) in [5, 5.41) is 6.90. The zero-order valence-electron chi connectivity index (χ0n) is 26.0. The Bertz CT molecular complexity index is 1860. The number of nitrogens with zero attached hydrogens (tertiary/aromatic N) is 6. The smallest absolute Gasteiger partial charge is 0.368 e. The Balaban J connectivity index is 1.24. The molecule has 0 spiro atoms. The molecule has 1 atom stereocenters. The largest absolute Gasteiger partial charge is 0.416 e. The topological polar surface area (TPSA) is 111 Å². The molecular formula is C33H34F3N7O4S. The molecule has 3 aromatic carbocycles. The van der Waals surface area contributed by atoms with Crippen molar-refractivity contribution in [3.05, 3.63) is 102 Å². The predicted octanol–water partition coefficient (Wildman–Crippen LogP) is 4.46. The van der Waals surface area contributed by atoms with Crippen LogP contribution in [0.3, 0.4) is 0 Å². The highest BCUT2D eigenvalue weighted by Crippen LogP contribution is 2.31. The molecule has 252 valence electrons. The molecule has 1 aromatic heterocycles. The second-order valence-electron chi connectivity index (χ2n) is 11.6. The van der Waals surface area contributed by atoms with E-state index in [9.17, 15) is 31.2 Å². The molecule has 1 unspecified atom stereocenters. The van der Waals surface area contributed by atoms with Crippen LogP contribution >= 0.6 is 0 Å². The number of benzene rings is 3. The molecule has 2 fully saturated rings. The molecule has 2 aliphatic rings. The van der Waals surface area contributed by atoms with Crippen LogP contribution in [0.15, 0.2) is 96.0 Å². The number of para-hydroxylation sites is 2. The van der Waals surface area contributed by atoms with Crippen molar-refractivity contribution in [2.75, 3.05) is 56.0 Å². The zero-order valence-corrected chi connectivity index (χ0v) is 26.9. The molecule has 0 bridgehead atoms. The molecular weight excluding hydrogens is 647 g/mol. The maximum atomic E-state index is 14.3. The van der Waals surface area contributed by atoms with E-state index in [4.69, 9.17) is 0 Å². The third-order valence-corrected chi connectivity index (χ3v) is 10.6. The SMILES string of the molecule is Cc1c(S(=O)(=O)N2CCN(C(=O)Nc3ccc(C(F)(F)F)cc3)CC2C(=O)N2CCN(c3ccccc3)CC2)cnn1-c1ccccc1. The Morgan fingerprint density at radius 2 is 1.38 bits per heavy atom. The predicted molar refractivity (Wildman–Crippen MR) is 173 cm³/mol. The van der Waals surface area contributed by atoms with Crippen LogP contribution in [0.5, 0.6) is 0 Å². The average Bonchev–Trinajstić information content (AvgIpc) is 3.50. The van der Waals surface area contributed by atoms with Gasteiger partial charge in [-0.2, -0.15) is 22.6 Å². The van der Waals surface area contributed by atoms with E-state index in [1.807, 2.05) is 48.5 Å². The molecule has 15 heteroatoms. The summed E-state index contributed by atoms with van der Waals surface area (Å²) in [4.78, 5) is 32.5. The van der Waals surface area contributed by atoms with Crippen LogP contribution in [-0.2, 0) is 21.0 Å². The molecule has 3 amide bonds. The number of alkyl halides is 3. The first-order chi connectivity index (χ1) is 22.9. The molecule has 11 nitrogen and oxygen atoms in total. The van der Waals surface area contributed by atoms with Gasteiger partial charge >= 0.3 is 12.2 Å². The normalized spacial score (nSPS) is 17.8. The van der Waals surface area contributed by atoms with Gasteiger partial charge in [-0.15, -0.1) is 0 Å². The lowest BCUT2D eigenvalue weighted by Gasteiger charge is -2.43. The Labute approximate surface area is 276 Å². The number of urea groups is 1. The lowest BCUT2D eigenvalue weighted by atomic mass is 10.1. The summed E-state index contributed by atoms with van der Waals surface area (Å²) < 4.78 is 70.2. The van der Waals surface area contributed by atoms with E-state index in [1.165, 1.54) is 15.8 Å². The minimum atomic E-state index is -4.53. The third kappa shape index (κ3) is 6.73. The summed E-state index contributed by atoms with van der Waals surface area (Å²) in [6.45, 7) is 2.92. The second-order valence-corrected chi connectivity index (χ2v) is 13.4. The first-order valence-corrected chi connectivity index (χ1v) is 16.8. The Kier molecular flexibility index (Phi) is 9.16. The van der Waals surface area contributed by atoms with Crippen molar-refractivity contribution in [3.63, 3.8) is 0 Å². The number of carbonyl (C=O) groups is 2. The van der Waals surface area contributed by atoms with E-state index in [0.717, 1.165) is 34.3 Å². The maximum absolute atomic E-state index is 14.3. The van der Waals surface area contributed by atoms with Crippen molar-refractivity contribution >= 4 is 33.3 Å². The number of anilines is 2. The van der Waals surface area contributed by atoms with Crippen molar-refractivity contribution in [1.82, 2.24) is 23.9 Å². The number of rotatable bonds is 6. The van der Waals surface area contributed by atoms with E-state index in [2.05, 4.69) is 15.3 Å². The van der Waals surface area contributed by atoms with Gasteiger partial charge in [-0.1, -0.05) is 36.4 Å². The van der Waals surface area contributed by atoms with E-state index >= 15 is 0 Å². The molecule has 0 aliphatic carbocycles. The quantitative estimate of drug-likeness (QED) is 0.322. The van der Waals surface area contributed by atoms with Crippen LogP contribution in [0.4, 0.5) is 29.3 Å². The molecule has 4 aromatic rings. The molecule has 0 radical (unpaired) electrons. The van der Waals surface area contributed by atoms with Crippen LogP contribution in [0.2, 0.25) is 0 Å². The minimum Gasteiger partial charge on any atom is -0.368 e. The van der Waals surface area contributed by atoms with Crippen molar-refractivity contribution in [3.8, 4) is 5.69 Å². The Morgan fingerprint density at radius 3 is 1.98 bits per heavy atom. The maximum Gasteiger partial charge on any atom is 0.416 e. The van der Waals surface area contributed by atoms with Crippen LogP contribution < -0.4 is 10.2 Å². The summed E-state index contributed by atoms with van der Waals surface area (Å²) in [5.41, 5.74) is 1.33. The van der Waals surface area contributed by atoms with Crippen molar-refractivity contribution in [1.29, 1.82) is 0 Å². The van der Waals surface area contributed by atoms with Crippen LogP contribution in [-0.4, -0.2) is 96.1 Å². The van der Waals surface area contributed by atoms with E-state index in [0.29, 0.717) is 37.6 Å². The monoisotopic (exact) mass is 681 g/mol. The molecule has 2 saturated heterocycles. The highest BCUT2D eigenvalue weighted by Gasteiger charge is 2.44. The van der Waals surface area contributed by atoms with Gasteiger partial charge in [0, 0.05) is 57.2 Å². The van der Waals surface area contributed by atoms with Gasteiger partial charge in [-0.05, 0) is 55.5 Å². The fraction of sp³-hybridized carbons (Fsp3) is 0.303. The highest BCUT2D eigenvalue weighted by molar-refractivity contribution is 7.89. The summed E-state index contributed by atoms with van der Waals surface area (Å²) in [6, 6.07) is 20.9. The lowest BCUT2D eigenvalue weighted by Crippen LogP contribution is -2.63. The van der Waals surface area contributed by atoms with Gasteiger partial charge in [0.25, 0.3) is 0 Å². The van der Waals surface area contributed by atoms with Crippen molar-refractivity contribution < 1.29 is 31.2 Å². The zero-order chi connectivity index (χ0) is 34.1. The number of nitrogens with one attached hydrogen (secondary N) is 1. The van der Waals surface area contributed by atoms with Gasteiger partial charge in [0.15, 0.2) is 0 Å². The van der Waals surface area contributed by atoms with Gasteiger partial charge in [-0.3, -0.25) is 4.79 Å². The Hall–Kier alpha value is -4.89. The van der Waals surface area contributed by atoms with Gasteiger partial charge in [0.1, 0.15) is 10.9 Å². The molecule has 3 heterocycles. The fourth-order valence-corrected chi connectivity index (χ4v) is 7.73. The number of amides is 3. The van der Waals surface area contributed by atoms with Gasteiger partial charge in [0.05, 0.1) is 23.1 Å². The summed E-state index contributed by atoms with van der Waals surface area (Å²) in [6.07, 6.45) is -3.26. The second kappa shape index (κ2) is 13.3. The molecule has 48 heavy (non-hydrogen) atoms. The first-order valence-electron chi connectivity index (χ1n) is 15.4. The van der Waals surface area contributed by atoms with Gasteiger partial charge < -0.3 is 20.0 Å². The van der Waals surface area contributed by atoms with Crippen LogP contribution in [0.1, 0.15) is 11.3 Å². The minimum absolute atomic E-state index is 0.0524. The number of hydrogen-bond donors (Lipinski definition) is 1. The van der Waals surface area contributed by atoms with E-state index in [1.54, 1.807) is 24.0 Å². The van der Waals surface area contributed by atoms with Crippen molar-refractivity contribution in [2.45, 2.75) is 24.0 Å². The standard InChI is InChI=1S/C33H34F3N7O4S/c1-24-30(22-37-43(24)28-10-6-3-7-11-28)48(46,47)42-21-20-41(32(45)38-26-14-12-25(13-15-26)33(34,35)36)23-29(42)31(44)40-18-16-39(17-19-40)27-8-4-2-5-9-27/h2-15,22,29H,16-21,23H2,1H3,(H,38,45). The number of aromatic nitrogens is 2. The summed E-state index contributed by atoms with van der Waals surface area (Å²) in [7, 11) is -4.27.